The van der Waals surface area contributed by atoms with Crippen molar-refractivity contribution < 1.29 is 9.53 Å². The van der Waals surface area contributed by atoms with E-state index in [9.17, 15) is 10.1 Å². The van der Waals surface area contributed by atoms with Crippen molar-refractivity contribution >= 4 is 11.8 Å². The molecule has 5 rings (SSSR count). The summed E-state index contributed by atoms with van der Waals surface area (Å²) in [6.45, 7) is 22.6. The molecule has 0 spiro atoms. The summed E-state index contributed by atoms with van der Waals surface area (Å²) in [5.74, 6) is 1.77. The fourth-order valence-electron chi connectivity index (χ4n) is 7.27. The second-order valence-electron chi connectivity index (χ2n) is 14.3. The zero-order valence-electron chi connectivity index (χ0n) is 29.9. The van der Waals surface area contributed by atoms with E-state index in [1.54, 1.807) is 6.20 Å². The van der Waals surface area contributed by atoms with E-state index < -0.39 is 5.60 Å². The lowest BCUT2D eigenvalue weighted by Gasteiger charge is -2.44. The lowest BCUT2D eigenvalue weighted by atomic mass is 9.62. The Balaban J connectivity index is 1.64. The summed E-state index contributed by atoms with van der Waals surface area (Å²) in [4.78, 5) is 22.2. The predicted molar refractivity (Wildman–Crippen MR) is 194 cm³/mol. The molecule has 1 heterocycles. The maximum Gasteiger partial charge on any atom is 0.410 e. The monoisotopic (exact) mass is 634 g/mol. The van der Waals surface area contributed by atoms with Gasteiger partial charge in [0.25, 0.3) is 0 Å². The van der Waals surface area contributed by atoms with Crippen molar-refractivity contribution in [2.45, 2.75) is 99.1 Å². The normalized spacial score (nSPS) is 25.3. The third kappa shape index (κ3) is 8.85. The van der Waals surface area contributed by atoms with Crippen LogP contribution in [-0.2, 0) is 4.74 Å². The highest BCUT2D eigenvalue weighted by atomic mass is 16.6. The fraction of sp³-hybridized carbons (Fsp3) is 0.512. The Morgan fingerprint density at radius 1 is 1.23 bits per heavy atom. The molecule has 0 N–H and O–H groups in total. The first-order valence-corrected chi connectivity index (χ1v) is 17.3. The van der Waals surface area contributed by atoms with Gasteiger partial charge in [-0.05, 0) is 133 Å². The zero-order valence-corrected chi connectivity index (χ0v) is 29.9. The Bertz CT molecular complexity index is 1560. The summed E-state index contributed by atoms with van der Waals surface area (Å²) < 4.78 is 5.71. The summed E-state index contributed by atoms with van der Waals surface area (Å²) in [5, 5.41) is 9.49. The average molecular weight is 635 g/mol. The molecule has 4 atom stereocenters. The van der Waals surface area contributed by atoms with Crippen molar-refractivity contribution in [2.75, 3.05) is 19.6 Å². The van der Waals surface area contributed by atoms with E-state index in [0.29, 0.717) is 36.4 Å². The van der Waals surface area contributed by atoms with E-state index in [4.69, 9.17) is 9.73 Å². The van der Waals surface area contributed by atoms with Gasteiger partial charge in [0.1, 0.15) is 5.60 Å². The van der Waals surface area contributed by atoms with E-state index in [1.807, 2.05) is 50.8 Å². The van der Waals surface area contributed by atoms with Gasteiger partial charge < -0.3 is 14.5 Å². The lowest BCUT2D eigenvalue weighted by Crippen LogP contribution is -2.54. The number of carbonyl (C=O) groups excluding carboxylic acids is 1. The predicted octanol–water partition coefficient (Wildman–Crippen LogP) is 9.55. The molecule has 4 aliphatic carbocycles. The van der Waals surface area contributed by atoms with Crippen LogP contribution in [-0.4, -0.2) is 52.9 Å². The quantitative estimate of drug-likeness (QED) is 0.104. The SMILES string of the molecule is C=CN=C(CCCCC1=C=C(C)C=CC(C#N)=C1)C(/C(=C\C)C1=CC=CC2CC1C2C)=C(\C)N1CCN(C(=O)OC(C)(C)C)C[C@@H]1C. The molecule has 47 heavy (non-hydrogen) atoms. The number of hydrogen-bond acceptors (Lipinski definition) is 5. The van der Waals surface area contributed by atoms with Crippen LogP contribution in [0.15, 0.2) is 105 Å². The number of unbranched alkanes of at least 4 members (excludes halogenated alkanes) is 1. The van der Waals surface area contributed by atoms with E-state index in [2.05, 4.69) is 75.3 Å². The first-order chi connectivity index (χ1) is 22.4. The molecule has 1 aliphatic heterocycles. The number of amides is 1. The maximum absolute atomic E-state index is 13.0. The molecule has 3 unspecified atom stereocenters. The molecule has 0 aromatic rings. The molecule has 2 bridgehead atoms. The van der Waals surface area contributed by atoms with Crippen LogP contribution in [0.5, 0.6) is 0 Å². The highest BCUT2D eigenvalue weighted by molar-refractivity contribution is 6.06. The number of piperazine rings is 1. The van der Waals surface area contributed by atoms with Crippen molar-refractivity contribution in [3.05, 3.63) is 100 Å². The van der Waals surface area contributed by atoms with Crippen LogP contribution in [0.2, 0.25) is 0 Å². The smallest absolute Gasteiger partial charge is 0.410 e. The number of allylic oxidation sites excluding steroid dienone is 13. The molecule has 1 amide bonds. The summed E-state index contributed by atoms with van der Waals surface area (Å²) in [6.07, 6.45) is 21.1. The molecule has 1 saturated carbocycles. The molecule has 0 radical (unpaired) electrons. The molecular weight excluding hydrogens is 580 g/mol. The minimum atomic E-state index is -0.525. The number of fused-ring (bicyclic) bond motifs is 1. The van der Waals surface area contributed by atoms with Crippen molar-refractivity contribution in [3.63, 3.8) is 0 Å². The van der Waals surface area contributed by atoms with Crippen LogP contribution in [0, 0.1) is 29.1 Å². The Hall–Kier alpha value is -4.07. The summed E-state index contributed by atoms with van der Waals surface area (Å²) >= 11 is 0. The van der Waals surface area contributed by atoms with Crippen LogP contribution in [0.25, 0.3) is 0 Å². The third-order valence-electron chi connectivity index (χ3n) is 9.79. The van der Waals surface area contributed by atoms with Crippen LogP contribution in [0.3, 0.4) is 0 Å². The van der Waals surface area contributed by atoms with E-state index in [1.165, 1.54) is 28.8 Å². The molecule has 1 saturated heterocycles. The Labute approximate surface area is 283 Å². The van der Waals surface area contributed by atoms with Crippen molar-refractivity contribution in [1.29, 1.82) is 5.26 Å². The van der Waals surface area contributed by atoms with Gasteiger partial charge in [-0.3, -0.25) is 4.99 Å². The van der Waals surface area contributed by atoms with Crippen LogP contribution < -0.4 is 0 Å². The van der Waals surface area contributed by atoms with Crippen LogP contribution in [0.4, 0.5) is 4.79 Å². The first kappa shape index (κ1) is 35.8. The Kier molecular flexibility index (Phi) is 11.9. The Morgan fingerprint density at radius 2 is 2.00 bits per heavy atom. The number of rotatable bonds is 10. The van der Waals surface area contributed by atoms with Crippen LogP contribution >= 0.6 is 0 Å². The number of nitriles is 1. The molecule has 6 nitrogen and oxygen atoms in total. The average Bonchev–Trinajstić information content (AvgIpc) is 3.43. The minimum Gasteiger partial charge on any atom is -0.444 e. The number of ether oxygens (including phenoxy) is 1. The van der Waals surface area contributed by atoms with Crippen LogP contribution in [0.1, 0.15) is 87.5 Å². The topological polar surface area (TPSA) is 68.9 Å². The Morgan fingerprint density at radius 3 is 2.64 bits per heavy atom. The molecule has 6 heteroatoms. The zero-order chi connectivity index (χ0) is 34.3. The van der Waals surface area contributed by atoms with Gasteiger partial charge in [-0.25, -0.2) is 4.79 Å². The van der Waals surface area contributed by atoms with Gasteiger partial charge in [0.05, 0.1) is 11.6 Å². The van der Waals surface area contributed by atoms with E-state index in [0.717, 1.165) is 49.1 Å². The standard InChI is InChI=1S/C41H54N4O2/c1-10-35(36-17-14-16-34-25-37(36)30(34)5)39(31(6)45-22-21-44(27-29(45)4)40(46)47-41(7,8)9)38(43-11-2)18-13-12-15-32-23-28(3)19-20-33(24-32)26-42/h10-11,14,16-17,19-20,24,29-30,34,37H,2,12-13,15,18,21-22,25,27H2,1,3-9H3/b35-10-,39-31+,43-38?/t29-,30?,34?,37?/m0/s1. The molecule has 0 aromatic carbocycles. The van der Waals surface area contributed by atoms with Gasteiger partial charge in [-0.2, -0.15) is 5.26 Å². The molecular formula is C41H54N4O2. The van der Waals surface area contributed by atoms with Gasteiger partial charge >= 0.3 is 6.09 Å². The van der Waals surface area contributed by atoms with Crippen molar-refractivity contribution in [2.24, 2.45) is 22.7 Å². The van der Waals surface area contributed by atoms with Gasteiger partial charge in [0.15, 0.2) is 0 Å². The van der Waals surface area contributed by atoms with Gasteiger partial charge in [-0.1, -0.05) is 43.9 Å². The van der Waals surface area contributed by atoms with Crippen molar-refractivity contribution in [3.8, 4) is 6.07 Å². The van der Waals surface area contributed by atoms with Gasteiger partial charge in [-0.15, -0.1) is 5.73 Å². The minimum absolute atomic E-state index is 0.108. The highest BCUT2D eigenvalue weighted by Gasteiger charge is 2.41. The molecule has 0 aromatic heterocycles. The number of carbonyl (C=O) groups is 1. The highest BCUT2D eigenvalue weighted by Crippen LogP contribution is 2.50. The molecule has 5 aliphatic rings. The largest absolute Gasteiger partial charge is 0.444 e. The van der Waals surface area contributed by atoms with Gasteiger partial charge in [0, 0.05) is 48.9 Å². The number of nitrogens with zero attached hydrogens (tertiary/aromatic N) is 4. The van der Waals surface area contributed by atoms with Gasteiger partial charge in [0.2, 0.25) is 0 Å². The molecule has 250 valence electrons. The first-order valence-electron chi connectivity index (χ1n) is 17.3. The summed E-state index contributed by atoms with van der Waals surface area (Å²) in [5.41, 5.74) is 11.7. The second-order valence-corrected chi connectivity index (χ2v) is 14.3. The van der Waals surface area contributed by atoms with E-state index >= 15 is 0 Å². The van der Waals surface area contributed by atoms with Crippen molar-refractivity contribution in [1.82, 2.24) is 9.80 Å². The second kappa shape index (κ2) is 15.7. The number of aliphatic imine (C=N–C) groups is 1. The maximum atomic E-state index is 13.0. The lowest BCUT2D eigenvalue weighted by molar-refractivity contribution is 0.0101. The molecule has 2 fully saturated rings. The fourth-order valence-corrected chi connectivity index (χ4v) is 7.27. The third-order valence-corrected chi connectivity index (χ3v) is 9.79. The number of hydrogen-bond donors (Lipinski definition) is 0. The van der Waals surface area contributed by atoms with E-state index in [-0.39, 0.29) is 12.1 Å². The summed E-state index contributed by atoms with van der Waals surface area (Å²) in [6, 6.07) is 2.39. The summed E-state index contributed by atoms with van der Waals surface area (Å²) in [7, 11) is 0.